The molecule has 0 radical (unpaired) electrons. The predicted molar refractivity (Wildman–Crippen MR) is 63.3 cm³/mol. The first-order valence-electron chi connectivity index (χ1n) is 4.38. The normalized spacial score (nSPS) is 12.5. The van der Waals surface area contributed by atoms with Crippen LogP contribution in [0.15, 0.2) is 22.7 Å². The van der Waals surface area contributed by atoms with Gasteiger partial charge in [0.15, 0.2) is 0 Å². The van der Waals surface area contributed by atoms with Gasteiger partial charge in [0, 0.05) is 9.50 Å². The molecule has 0 aliphatic carbocycles. The number of aliphatic carboxylic acids is 1. The van der Waals surface area contributed by atoms with Crippen LogP contribution in [0.5, 0.6) is 0 Å². The van der Waals surface area contributed by atoms with Crippen molar-refractivity contribution < 1.29 is 9.90 Å². The zero-order valence-corrected chi connectivity index (χ0v) is 10.5. The van der Waals surface area contributed by atoms with Crippen molar-refractivity contribution in [2.45, 2.75) is 12.5 Å². The molecule has 0 amide bonds. The zero-order valence-electron chi connectivity index (χ0n) is 8.13. The predicted octanol–water partition coefficient (Wildman–Crippen LogP) is 2.32. The summed E-state index contributed by atoms with van der Waals surface area (Å²) >= 11 is 9.28. The van der Waals surface area contributed by atoms with E-state index in [-0.39, 0.29) is 0 Å². The maximum absolute atomic E-state index is 10.8. The third-order valence-electron chi connectivity index (χ3n) is 2.08. The Kier molecular flexibility index (Phi) is 4.57. The number of hydrogen-bond donors (Lipinski definition) is 2. The molecule has 0 aliphatic heterocycles. The van der Waals surface area contributed by atoms with Gasteiger partial charge in [-0.15, -0.1) is 0 Å². The molecule has 1 aromatic carbocycles. The molecule has 0 aromatic heterocycles. The van der Waals surface area contributed by atoms with Gasteiger partial charge in [0.05, 0.1) is 0 Å². The molecule has 3 nitrogen and oxygen atoms in total. The molecule has 2 N–H and O–H groups in total. The first-order chi connectivity index (χ1) is 7.04. The van der Waals surface area contributed by atoms with Gasteiger partial charge in [0.1, 0.15) is 6.04 Å². The summed E-state index contributed by atoms with van der Waals surface area (Å²) in [7, 11) is 1.62. The Hall–Kier alpha value is -0.580. The van der Waals surface area contributed by atoms with E-state index in [0.29, 0.717) is 11.4 Å². The second-order valence-corrected chi connectivity index (χ2v) is 4.44. The van der Waals surface area contributed by atoms with Crippen LogP contribution in [0, 0.1) is 0 Å². The van der Waals surface area contributed by atoms with Gasteiger partial charge in [-0.3, -0.25) is 4.79 Å². The minimum atomic E-state index is -0.881. The van der Waals surface area contributed by atoms with E-state index in [0.717, 1.165) is 10.0 Å². The monoisotopic (exact) mass is 291 g/mol. The summed E-state index contributed by atoms with van der Waals surface area (Å²) in [6, 6.07) is 4.78. The number of carbonyl (C=O) groups is 1. The Morgan fingerprint density at radius 3 is 2.87 bits per heavy atom. The van der Waals surface area contributed by atoms with E-state index in [1.807, 2.05) is 12.1 Å². The van der Waals surface area contributed by atoms with Crippen LogP contribution in [0.2, 0.25) is 5.02 Å². The van der Waals surface area contributed by atoms with E-state index in [2.05, 4.69) is 21.2 Å². The highest BCUT2D eigenvalue weighted by Crippen LogP contribution is 2.22. The molecular weight excluding hydrogens is 281 g/mol. The molecular formula is C10H11BrClNO2. The molecule has 1 rings (SSSR count). The van der Waals surface area contributed by atoms with Crippen molar-refractivity contribution in [2.75, 3.05) is 7.05 Å². The van der Waals surface area contributed by atoms with Crippen LogP contribution in [-0.4, -0.2) is 24.2 Å². The van der Waals surface area contributed by atoms with Crippen molar-refractivity contribution in [1.82, 2.24) is 5.32 Å². The third-order valence-corrected chi connectivity index (χ3v) is 2.94. The number of carboxylic acids is 1. The molecule has 1 aromatic rings. The molecule has 0 fully saturated rings. The Morgan fingerprint density at radius 2 is 2.33 bits per heavy atom. The lowest BCUT2D eigenvalue weighted by Gasteiger charge is -2.12. The maximum Gasteiger partial charge on any atom is 0.321 e. The summed E-state index contributed by atoms with van der Waals surface area (Å²) in [6.45, 7) is 0. The first kappa shape index (κ1) is 12.5. The van der Waals surface area contributed by atoms with Crippen LogP contribution < -0.4 is 5.32 Å². The fourth-order valence-electron chi connectivity index (χ4n) is 1.23. The van der Waals surface area contributed by atoms with Crippen LogP contribution in [0.1, 0.15) is 5.56 Å². The van der Waals surface area contributed by atoms with Crippen LogP contribution in [-0.2, 0) is 11.2 Å². The lowest BCUT2D eigenvalue weighted by Crippen LogP contribution is -2.35. The minimum absolute atomic E-state index is 0.365. The van der Waals surface area contributed by atoms with E-state index >= 15 is 0 Å². The van der Waals surface area contributed by atoms with Gasteiger partial charge in [0.25, 0.3) is 0 Å². The van der Waals surface area contributed by atoms with Crippen molar-refractivity contribution in [3.63, 3.8) is 0 Å². The molecule has 0 saturated carbocycles. The number of carboxylic acid groups (broad SMARTS) is 1. The summed E-state index contributed by atoms with van der Waals surface area (Å²) in [5.41, 5.74) is 0.813. The lowest BCUT2D eigenvalue weighted by molar-refractivity contribution is -0.139. The van der Waals surface area contributed by atoms with Gasteiger partial charge in [-0.2, -0.15) is 0 Å². The quantitative estimate of drug-likeness (QED) is 0.895. The fraction of sp³-hybridized carbons (Fsp3) is 0.300. The summed E-state index contributed by atoms with van der Waals surface area (Å²) in [6.07, 6.45) is 0.365. The highest BCUT2D eigenvalue weighted by molar-refractivity contribution is 9.10. The zero-order chi connectivity index (χ0) is 11.4. The molecule has 0 heterocycles. The Bertz CT molecular complexity index is 370. The standard InChI is InChI=1S/C10H11BrClNO2/c1-13-9(10(14)15)5-6-4-7(11)2-3-8(6)12/h2-4,9,13H,5H2,1H3,(H,14,15)/t9-/m0/s1. The summed E-state index contributed by atoms with van der Waals surface area (Å²) in [5, 5.41) is 12.2. The maximum atomic E-state index is 10.8. The van der Waals surface area contributed by atoms with Gasteiger partial charge in [-0.05, 0) is 37.2 Å². The molecule has 5 heteroatoms. The smallest absolute Gasteiger partial charge is 0.321 e. The van der Waals surface area contributed by atoms with Gasteiger partial charge in [-0.1, -0.05) is 27.5 Å². The van der Waals surface area contributed by atoms with Gasteiger partial charge in [-0.25, -0.2) is 0 Å². The summed E-state index contributed by atoms with van der Waals surface area (Å²) < 4.78 is 0.891. The van der Waals surface area contributed by atoms with E-state index < -0.39 is 12.0 Å². The summed E-state index contributed by atoms with van der Waals surface area (Å²) in [4.78, 5) is 10.8. The van der Waals surface area contributed by atoms with Crippen molar-refractivity contribution in [3.8, 4) is 0 Å². The number of rotatable bonds is 4. The summed E-state index contributed by atoms with van der Waals surface area (Å²) in [5.74, 6) is -0.881. The van der Waals surface area contributed by atoms with E-state index in [4.69, 9.17) is 16.7 Å². The Labute approximate surface area is 102 Å². The van der Waals surface area contributed by atoms with Crippen molar-refractivity contribution in [3.05, 3.63) is 33.3 Å². The van der Waals surface area contributed by atoms with Gasteiger partial charge >= 0.3 is 5.97 Å². The van der Waals surface area contributed by atoms with Crippen molar-refractivity contribution >= 4 is 33.5 Å². The van der Waals surface area contributed by atoms with Gasteiger partial charge < -0.3 is 10.4 Å². The van der Waals surface area contributed by atoms with E-state index in [1.165, 1.54) is 0 Å². The first-order valence-corrected chi connectivity index (χ1v) is 5.55. The second kappa shape index (κ2) is 5.49. The number of benzene rings is 1. The van der Waals surface area contributed by atoms with Crippen LogP contribution in [0.3, 0.4) is 0 Å². The minimum Gasteiger partial charge on any atom is -0.480 e. The molecule has 0 bridgehead atoms. The highest BCUT2D eigenvalue weighted by atomic mass is 79.9. The molecule has 0 unspecified atom stereocenters. The van der Waals surface area contributed by atoms with E-state index in [9.17, 15) is 4.79 Å². The number of halogens is 2. The third kappa shape index (κ3) is 3.48. The SMILES string of the molecule is CN[C@@H](Cc1cc(Br)ccc1Cl)C(=O)O. The highest BCUT2D eigenvalue weighted by Gasteiger charge is 2.16. The number of hydrogen-bond acceptors (Lipinski definition) is 2. The Morgan fingerprint density at radius 1 is 1.67 bits per heavy atom. The second-order valence-electron chi connectivity index (χ2n) is 3.12. The van der Waals surface area contributed by atoms with E-state index in [1.54, 1.807) is 13.1 Å². The average Bonchev–Trinajstić information content (AvgIpc) is 2.18. The molecule has 82 valence electrons. The van der Waals surface area contributed by atoms with Crippen molar-refractivity contribution in [1.29, 1.82) is 0 Å². The molecule has 15 heavy (non-hydrogen) atoms. The lowest BCUT2D eigenvalue weighted by atomic mass is 10.1. The van der Waals surface area contributed by atoms with Crippen LogP contribution >= 0.6 is 27.5 Å². The average molecular weight is 293 g/mol. The van der Waals surface area contributed by atoms with Crippen molar-refractivity contribution in [2.24, 2.45) is 0 Å². The van der Waals surface area contributed by atoms with Crippen LogP contribution in [0.25, 0.3) is 0 Å². The topological polar surface area (TPSA) is 49.3 Å². The van der Waals surface area contributed by atoms with Crippen LogP contribution in [0.4, 0.5) is 0 Å². The molecule has 0 aliphatic rings. The number of likely N-dealkylation sites (N-methyl/N-ethyl adjacent to an activating group) is 1. The molecule has 1 atom stereocenters. The fourth-order valence-corrected chi connectivity index (χ4v) is 1.84. The largest absolute Gasteiger partial charge is 0.480 e. The molecule has 0 saturated heterocycles. The Balaban J connectivity index is 2.87. The van der Waals surface area contributed by atoms with Gasteiger partial charge in [0.2, 0.25) is 0 Å². The molecule has 0 spiro atoms. The number of nitrogens with one attached hydrogen (secondary N) is 1.